The van der Waals surface area contributed by atoms with Gasteiger partial charge < -0.3 is 0 Å². The van der Waals surface area contributed by atoms with Crippen LogP contribution in [0.5, 0.6) is 0 Å². The zero-order valence-corrected chi connectivity index (χ0v) is 10.3. The van der Waals surface area contributed by atoms with Crippen LogP contribution in [-0.2, 0) is 19.6 Å². The summed E-state index contributed by atoms with van der Waals surface area (Å²) in [5, 5.41) is 0. The first kappa shape index (κ1) is 12.3. The third-order valence-electron chi connectivity index (χ3n) is 3.63. The second-order valence-corrected chi connectivity index (χ2v) is 4.78. The average molecular weight is 230 g/mol. The van der Waals surface area contributed by atoms with Gasteiger partial charge in [0.2, 0.25) is 11.6 Å². The van der Waals surface area contributed by atoms with E-state index in [1.165, 1.54) is 12.8 Å². The van der Waals surface area contributed by atoms with Crippen molar-refractivity contribution in [3.8, 4) is 0 Å². The molecule has 1 saturated carbocycles. The highest BCUT2D eigenvalue weighted by atomic mass is 17.4. The summed E-state index contributed by atoms with van der Waals surface area (Å²) in [6.07, 6.45) is 7.85. The van der Waals surface area contributed by atoms with Crippen LogP contribution in [0.2, 0.25) is 0 Å². The van der Waals surface area contributed by atoms with Crippen LogP contribution >= 0.6 is 0 Å². The van der Waals surface area contributed by atoms with Crippen molar-refractivity contribution >= 4 is 0 Å². The van der Waals surface area contributed by atoms with Crippen molar-refractivity contribution in [3.05, 3.63) is 0 Å². The molecule has 0 amide bonds. The highest BCUT2D eigenvalue weighted by Gasteiger charge is 2.47. The SMILES string of the molecule is CCC1(CC)OOC2(CCCCCC2)OO1. The molecular weight excluding hydrogens is 208 g/mol. The van der Waals surface area contributed by atoms with Crippen molar-refractivity contribution < 1.29 is 19.6 Å². The Hall–Kier alpha value is -0.160. The van der Waals surface area contributed by atoms with Crippen molar-refractivity contribution in [2.75, 3.05) is 0 Å². The van der Waals surface area contributed by atoms with E-state index in [1.807, 2.05) is 13.8 Å². The largest absolute Gasteiger partial charge is 0.234 e. The summed E-state index contributed by atoms with van der Waals surface area (Å²) in [5.41, 5.74) is 0. The van der Waals surface area contributed by atoms with Gasteiger partial charge in [0.15, 0.2) is 0 Å². The fourth-order valence-electron chi connectivity index (χ4n) is 2.25. The van der Waals surface area contributed by atoms with Crippen LogP contribution in [0.15, 0.2) is 0 Å². The molecule has 0 bridgehead atoms. The third kappa shape index (κ3) is 2.40. The first-order chi connectivity index (χ1) is 7.74. The molecule has 0 unspecified atom stereocenters. The lowest BCUT2D eigenvalue weighted by atomic mass is 10.1. The van der Waals surface area contributed by atoms with Crippen LogP contribution in [0.1, 0.15) is 65.2 Å². The lowest BCUT2D eigenvalue weighted by molar-refractivity contribution is -0.659. The Morgan fingerprint density at radius 1 is 0.750 bits per heavy atom. The Morgan fingerprint density at radius 2 is 1.25 bits per heavy atom. The van der Waals surface area contributed by atoms with Gasteiger partial charge in [0.1, 0.15) is 0 Å². The predicted molar refractivity (Wildman–Crippen MR) is 58.1 cm³/mol. The predicted octanol–water partition coefficient (Wildman–Crippen LogP) is 3.46. The molecule has 2 rings (SSSR count). The van der Waals surface area contributed by atoms with Crippen LogP contribution in [0.3, 0.4) is 0 Å². The summed E-state index contributed by atoms with van der Waals surface area (Å²) in [6.45, 7) is 4.00. The Morgan fingerprint density at radius 3 is 1.69 bits per heavy atom. The molecule has 1 saturated heterocycles. The molecule has 0 aromatic carbocycles. The zero-order chi connectivity index (χ0) is 11.5. The molecule has 1 heterocycles. The summed E-state index contributed by atoms with van der Waals surface area (Å²) in [7, 11) is 0. The highest BCUT2D eigenvalue weighted by molar-refractivity contribution is 4.74. The fraction of sp³-hybridized carbons (Fsp3) is 1.00. The van der Waals surface area contributed by atoms with Crippen molar-refractivity contribution in [1.82, 2.24) is 0 Å². The van der Waals surface area contributed by atoms with E-state index in [0.717, 1.165) is 38.5 Å². The van der Waals surface area contributed by atoms with E-state index in [-0.39, 0.29) is 0 Å². The minimum absolute atomic E-state index is 0.648. The van der Waals surface area contributed by atoms with Crippen molar-refractivity contribution in [3.63, 3.8) is 0 Å². The quantitative estimate of drug-likeness (QED) is 0.681. The van der Waals surface area contributed by atoms with E-state index in [0.29, 0.717) is 0 Å². The van der Waals surface area contributed by atoms with Gasteiger partial charge in [-0.1, -0.05) is 26.7 Å². The number of hydrogen-bond donors (Lipinski definition) is 0. The van der Waals surface area contributed by atoms with Crippen LogP contribution in [0.4, 0.5) is 0 Å². The van der Waals surface area contributed by atoms with Crippen molar-refractivity contribution in [2.45, 2.75) is 76.8 Å². The molecule has 0 atom stereocenters. The minimum atomic E-state index is -0.711. The lowest BCUT2D eigenvalue weighted by Crippen LogP contribution is -2.50. The molecule has 1 aliphatic carbocycles. The van der Waals surface area contributed by atoms with Gasteiger partial charge in [0, 0.05) is 25.7 Å². The molecule has 1 aliphatic heterocycles. The molecule has 4 nitrogen and oxygen atoms in total. The Bertz CT molecular complexity index is 205. The van der Waals surface area contributed by atoms with Gasteiger partial charge in [-0.3, -0.25) is 0 Å². The second-order valence-electron chi connectivity index (χ2n) is 4.78. The molecule has 4 heteroatoms. The van der Waals surface area contributed by atoms with Gasteiger partial charge in [-0.2, -0.15) is 19.6 Å². The first-order valence-electron chi connectivity index (χ1n) is 6.48. The molecule has 0 N–H and O–H groups in total. The smallest absolute Gasteiger partial charge is 0.195 e. The molecule has 0 radical (unpaired) electrons. The summed E-state index contributed by atoms with van der Waals surface area (Å²) < 4.78 is 0. The summed E-state index contributed by atoms with van der Waals surface area (Å²) in [6, 6.07) is 0. The van der Waals surface area contributed by atoms with E-state index in [1.54, 1.807) is 0 Å². The number of hydrogen-bond acceptors (Lipinski definition) is 4. The molecule has 0 aromatic rings. The van der Waals surface area contributed by atoms with Gasteiger partial charge in [0.25, 0.3) is 0 Å². The minimum Gasteiger partial charge on any atom is -0.195 e. The van der Waals surface area contributed by atoms with Crippen molar-refractivity contribution in [1.29, 1.82) is 0 Å². The topological polar surface area (TPSA) is 36.9 Å². The molecule has 2 fully saturated rings. The van der Waals surface area contributed by atoms with Gasteiger partial charge in [0.05, 0.1) is 0 Å². The van der Waals surface area contributed by atoms with Gasteiger partial charge in [-0.05, 0) is 12.8 Å². The molecule has 1 spiro atoms. The lowest BCUT2D eigenvalue weighted by Gasteiger charge is -2.42. The fourth-order valence-corrected chi connectivity index (χ4v) is 2.25. The maximum atomic E-state index is 5.54. The number of rotatable bonds is 2. The van der Waals surface area contributed by atoms with E-state index in [4.69, 9.17) is 19.6 Å². The van der Waals surface area contributed by atoms with Gasteiger partial charge in [-0.15, -0.1) is 0 Å². The van der Waals surface area contributed by atoms with Crippen LogP contribution in [-0.4, -0.2) is 11.6 Å². The molecule has 2 aliphatic rings. The molecule has 0 aromatic heterocycles. The maximum Gasteiger partial charge on any atom is 0.234 e. The molecule has 94 valence electrons. The van der Waals surface area contributed by atoms with Crippen LogP contribution < -0.4 is 0 Å². The second kappa shape index (κ2) is 5.00. The van der Waals surface area contributed by atoms with Crippen LogP contribution in [0.25, 0.3) is 0 Å². The van der Waals surface area contributed by atoms with E-state index < -0.39 is 11.6 Å². The van der Waals surface area contributed by atoms with Crippen molar-refractivity contribution in [2.24, 2.45) is 0 Å². The average Bonchev–Trinajstić information content (AvgIpc) is 2.57. The highest BCUT2D eigenvalue weighted by Crippen LogP contribution is 2.40. The van der Waals surface area contributed by atoms with E-state index in [2.05, 4.69) is 0 Å². The van der Waals surface area contributed by atoms with Gasteiger partial charge in [-0.25, -0.2) is 0 Å². The Kier molecular flexibility index (Phi) is 3.85. The van der Waals surface area contributed by atoms with Crippen LogP contribution in [0, 0.1) is 0 Å². The standard InChI is InChI=1S/C12H22O4/c1-3-11(4-2)13-15-12(16-14-11)9-7-5-6-8-10-12/h3-10H2,1-2H3. The molecular formula is C12H22O4. The van der Waals surface area contributed by atoms with E-state index >= 15 is 0 Å². The first-order valence-corrected chi connectivity index (χ1v) is 6.48. The monoisotopic (exact) mass is 230 g/mol. The normalized spacial score (nSPS) is 28.9. The summed E-state index contributed by atoms with van der Waals surface area (Å²) >= 11 is 0. The summed E-state index contributed by atoms with van der Waals surface area (Å²) in [4.78, 5) is 22.0. The van der Waals surface area contributed by atoms with E-state index in [9.17, 15) is 0 Å². The Balaban J connectivity index is 1.96. The maximum absolute atomic E-state index is 5.54. The Labute approximate surface area is 97.1 Å². The third-order valence-corrected chi connectivity index (χ3v) is 3.63. The van der Waals surface area contributed by atoms with Gasteiger partial charge >= 0.3 is 0 Å². The zero-order valence-electron chi connectivity index (χ0n) is 10.3. The molecule has 16 heavy (non-hydrogen) atoms. The summed E-state index contributed by atoms with van der Waals surface area (Å²) in [5.74, 6) is -1.36.